The van der Waals surface area contributed by atoms with Crippen LogP contribution in [-0.4, -0.2) is 21.4 Å². The lowest BCUT2D eigenvalue weighted by Crippen LogP contribution is -2.52. The molecular weight excluding hydrogens is 368 g/mol. The molecule has 0 spiro atoms. The summed E-state index contributed by atoms with van der Waals surface area (Å²) in [6.45, 7) is 11.2. The van der Waals surface area contributed by atoms with E-state index in [9.17, 15) is 10.2 Å². The van der Waals surface area contributed by atoms with Gasteiger partial charge >= 0.3 is 0 Å². The fourth-order valence-corrected chi connectivity index (χ4v) is 8.55. The number of hydrogen-bond donors (Lipinski definition) is 2. The Kier molecular flexibility index (Phi) is 6.02. The predicted molar refractivity (Wildman–Crippen MR) is 125 cm³/mol. The van der Waals surface area contributed by atoms with Crippen LogP contribution in [0.15, 0.2) is 11.6 Å². The van der Waals surface area contributed by atoms with Crippen LogP contribution in [0.4, 0.5) is 0 Å². The minimum absolute atomic E-state index is 0.344. The topological polar surface area (TPSA) is 40.5 Å². The second-order valence-electron chi connectivity index (χ2n) is 12.9. The molecule has 2 N–H and O–H groups in total. The molecule has 0 bridgehead atoms. The monoisotopic (exact) mass is 416 g/mol. The maximum atomic E-state index is 11.0. The van der Waals surface area contributed by atoms with Gasteiger partial charge in [-0.25, -0.2) is 0 Å². The lowest BCUT2D eigenvalue weighted by molar-refractivity contribution is -0.0717. The van der Waals surface area contributed by atoms with Crippen molar-refractivity contribution < 1.29 is 10.2 Å². The van der Waals surface area contributed by atoms with Crippen LogP contribution in [-0.2, 0) is 0 Å². The average molecular weight is 417 g/mol. The highest BCUT2D eigenvalue weighted by atomic mass is 16.3. The Morgan fingerprint density at radius 2 is 1.80 bits per heavy atom. The van der Waals surface area contributed by atoms with Crippen LogP contribution in [0.5, 0.6) is 0 Å². The van der Waals surface area contributed by atoms with Crippen molar-refractivity contribution >= 4 is 0 Å². The van der Waals surface area contributed by atoms with E-state index in [1.165, 1.54) is 51.4 Å². The molecule has 0 aromatic heterocycles. The van der Waals surface area contributed by atoms with Gasteiger partial charge < -0.3 is 10.2 Å². The number of aliphatic hydroxyl groups is 2. The molecule has 0 amide bonds. The predicted octanol–water partition coefficient (Wildman–Crippen LogP) is 7.04. The molecule has 0 aromatic carbocycles. The van der Waals surface area contributed by atoms with Crippen molar-refractivity contribution in [2.45, 2.75) is 129 Å². The van der Waals surface area contributed by atoms with Gasteiger partial charge in [-0.05, 0) is 119 Å². The van der Waals surface area contributed by atoms with Crippen LogP contribution in [0.25, 0.3) is 0 Å². The Balaban J connectivity index is 1.45. The molecular formula is C28H48O2. The third-order valence-electron chi connectivity index (χ3n) is 10.7. The van der Waals surface area contributed by atoms with Gasteiger partial charge in [0.2, 0.25) is 0 Å². The van der Waals surface area contributed by atoms with E-state index in [-0.39, 0.29) is 0 Å². The zero-order valence-electron chi connectivity index (χ0n) is 20.5. The maximum absolute atomic E-state index is 11.0. The summed E-state index contributed by atoms with van der Waals surface area (Å²) in [5, 5.41) is 21.0. The Labute approximate surface area is 185 Å². The van der Waals surface area contributed by atoms with Crippen LogP contribution in [0.1, 0.15) is 118 Å². The number of fused-ring (bicyclic) bond motifs is 5. The standard InChI is InChI=1S/C28H48O2/c1-6-28(30)18-17-27(5)21(19-28)10-12-22-23-13-11-20(9-7-8-15-25(2,3)29)26(23,4)16-14-24(22)27/h10,20,22-24,29-30H,6-9,11-19H2,1-5H3/t20?,22?,23?,24?,26?,27?,28-/m0/s1. The first kappa shape index (κ1) is 22.8. The molecule has 4 rings (SSSR count). The second kappa shape index (κ2) is 7.91. The first-order valence-corrected chi connectivity index (χ1v) is 13.2. The summed E-state index contributed by atoms with van der Waals surface area (Å²) in [7, 11) is 0. The lowest BCUT2D eigenvalue weighted by Gasteiger charge is -2.59. The second-order valence-corrected chi connectivity index (χ2v) is 12.9. The summed E-state index contributed by atoms with van der Waals surface area (Å²) in [4.78, 5) is 0. The highest BCUT2D eigenvalue weighted by Crippen LogP contribution is 2.67. The van der Waals surface area contributed by atoms with Gasteiger partial charge in [0.15, 0.2) is 0 Å². The Morgan fingerprint density at radius 1 is 1.03 bits per heavy atom. The van der Waals surface area contributed by atoms with Crippen LogP contribution in [0, 0.1) is 34.5 Å². The summed E-state index contributed by atoms with van der Waals surface area (Å²) in [5.41, 5.74) is 1.53. The van der Waals surface area contributed by atoms with E-state index in [0.717, 1.165) is 55.8 Å². The van der Waals surface area contributed by atoms with E-state index in [1.807, 2.05) is 13.8 Å². The fraction of sp³-hybridized carbons (Fsp3) is 0.929. The Morgan fingerprint density at radius 3 is 2.50 bits per heavy atom. The maximum Gasteiger partial charge on any atom is 0.0682 e. The molecule has 6 unspecified atom stereocenters. The summed E-state index contributed by atoms with van der Waals surface area (Å²) in [5.74, 6) is 3.50. The number of allylic oxidation sites excluding steroid dienone is 1. The third kappa shape index (κ3) is 3.94. The molecule has 4 aliphatic carbocycles. The molecule has 0 aromatic rings. The molecule has 2 nitrogen and oxygen atoms in total. The first-order chi connectivity index (χ1) is 14.0. The SMILES string of the molecule is CC[C@]1(O)CCC2(C)C(=CCC3C2CCC2(C)C(CCCCC(C)(C)O)CCC32)C1. The summed E-state index contributed by atoms with van der Waals surface area (Å²) < 4.78 is 0. The summed E-state index contributed by atoms with van der Waals surface area (Å²) in [6.07, 6.45) is 18.3. The first-order valence-electron chi connectivity index (χ1n) is 13.2. The molecule has 3 fully saturated rings. The minimum atomic E-state index is -0.508. The molecule has 4 aliphatic rings. The molecule has 0 heterocycles. The van der Waals surface area contributed by atoms with Crippen LogP contribution >= 0.6 is 0 Å². The normalized spacial score (nSPS) is 46.0. The van der Waals surface area contributed by atoms with Gasteiger partial charge in [-0.3, -0.25) is 0 Å². The fourth-order valence-electron chi connectivity index (χ4n) is 8.55. The average Bonchev–Trinajstić information content (AvgIpc) is 3.02. The molecule has 2 heteroatoms. The quantitative estimate of drug-likeness (QED) is 0.360. The van der Waals surface area contributed by atoms with E-state index in [4.69, 9.17) is 0 Å². The zero-order valence-corrected chi connectivity index (χ0v) is 20.5. The highest BCUT2D eigenvalue weighted by molar-refractivity contribution is 5.27. The van der Waals surface area contributed by atoms with Crippen molar-refractivity contribution in [3.05, 3.63) is 11.6 Å². The van der Waals surface area contributed by atoms with Gasteiger partial charge in [-0.2, -0.15) is 0 Å². The highest BCUT2D eigenvalue weighted by Gasteiger charge is 2.59. The van der Waals surface area contributed by atoms with Crippen LogP contribution in [0.2, 0.25) is 0 Å². The van der Waals surface area contributed by atoms with E-state index in [2.05, 4.69) is 26.8 Å². The van der Waals surface area contributed by atoms with Crippen molar-refractivity contribution in [3.8, 4) is 0 Å². The van der Waals surface area contributed by atoms with Crippen molar-refractivity contribution in [1.82, 2.24) is 0 Å². The van der Waals surface area contributed by atoms with Gasteiger partial charge in [0.1, 0.15) is 0 Å². The Hall–Kier alpha value is -0.340. The number of rotatable bonds is 6. The van der Waals surface area contributed by atoms with Crippen LogP contribution < -0.4 is 0 Å². The van der Waals surface area contributed by atoms with E-state index < -0.39 is 11.2 Å². The zero-order chi connectivity index (χ0) is 21.8. The van der Waals surface area contributed by atoms with Crippen LogP contribution in [0.3, 0.4) is 0 Å². The largest absolute Gasteiger partial charge is 0.390 e. The molecule has 0 saturated heterocycles. The van der Waals surface area contributed by atoms with Gasteiger partial charge in [0.05, 0.1) is 11.2 Å². The van der Waals surface area contributed by atoms with E-state index in [1.54, 1.807) is 5.57 Å². The van der Waals surface area contributed by atoms with Gasteiger partial charge in [-0.15, -0.1) is 0 Å². The molecule has 0 aliphatic heterocycles. The van der Waals surface area contributed by atoms with Gasteiger partial charge in [0, 0.05) is 0 Å². The third-order valence-corrected chi connectivity index (χ3v) is 10.7. The minimum Gasteiger partial charge on any atom is -0.390 e. The molecule has 0 radical (unpaired) electrons. The van der Waals surface area contributed by atoms with Crippen molar-refractivity contribution in [3.63, 3.8) is 0 Å². The van der Waals surface area contributed by atoms with Crippen molar-refractivity contribution in [1.29, 1.82) is 0 Å². The summed E-state index contributed by atoms with van der Waals surface area (Å²) >= 11 is 0. The van der Waals surface area contributed by atoms with E-state index in [0.29, 0.717) is 10.8 Å². The Bertz CT molecular complexity index is 660. The molecule has 172 valence electrons. The van der Waals surface area contributed by atoms with Gasteiger partial charge in [-0.1, -0.05) is 45.3 Å². The molecule has 7 atom stereocenters. The molecule has 3 saturated carbocycles. The van der Waals surface area contributed by atoms with Crippen molar-refractivity contribution in [2.24, 2.45) is 34.5 Å². The lowest BCUT2D eigenvalue weighted by atomic mass is 9.46. The van der Waals surface area contributed by atoms with Crippen molar-refractivity contribution in [2.75, 3.05) is 0 Å². The summed E-state index contributed by atoms with van der Waals surface area (Å²) in [6, 6.07) is 0. The smallest absolute Gasteiger partial charge is 0.0682 e. The van der Waals surface area contributed by atoms with E-state index >= 15 is 0 Å². The number of unbranched alkanes of at least 4 members (excludes halogenated alkanes) is 1. The van der Waals surface area contributed by atoms with Gasteiger partial charge in [0.25, 0.3) is 0 Å². The molecule has 30 heavy (non-hydrogen) atoms. The number of hydrogen-bond acceptors (Lipinski definition) is 2.